The largest absolute Gasteiger partial charge is 2.00 e. The molecule has 3 aliphatic rings. The molecule has 0 radical (unpaired) electrons. The molecule has 294 valence electrons. The van der Waals surface area contributed by atoms with Gasteiger partial charge in [-0.05, 0) is 73.9 Å². The summed E-state index contributed by atoms with van der Waals surface area (Å²) in [6.07, 6.45) is 10.4. The van der Waals surface area contributed by atoms with Crippen molar-refractivity contribution in [2.45, 2.75) is 20.8 Å². The zero-order valence-electron chi connectivity index (χ0n) is 32.1. The van der Waals surface area contributed by atoms with Gasteiger partial charge < -0.3 is 20.5 Å². The molecule has 0 aliphatic carbocycles. The van der Waals surface area contributed by atoms with Gasteiger partial charge in [0.1, 0.15) is 17.2 Å². The van der Waals surface area contributed by atoms with Crippen LogP contribution < -0.4 is 0 Å². The van der Waals surface area contributed by atoms with Crippen LogP contribution in [0.2, 0.25) is 0 Å². The van der Waals surface area contributed by atoms with Crippen LogP contribution in [0.25, 0.3) is 0 Å². The van der Waals surface area contributed by atoms with Crippen molar-refractivity contribution in [3.05, 3.63) is 96.6 Å². The molecule has 0 saturated heterocycles. The third-order valence-electron chi connectivity index (χ3n) is 8.59. The van der Waals surface area contributed by atoms with Gasteiger partial charge in [0.05, 0.1) is 39.3 Å². The summed E-state index contributed by atoms with van der Waals surface area (Å²) in [4.78, 5) is 40.8. The molecule has 0 aromatic heterocycles. The molecule has 0 spiro atoms. The molecule has 56 heavy (non-hydrogen) atoms. The molecule has 15 nitrogen and oxygen atoms in total. The molecule has 0 amide bonds. The molecule has 3 heterocycles. The van der Waals surface area contributed by atoms with Crippen LogP contribution in [0.3, 0.4) is 0 Å². The molecular formula is C39H49GdN9O6Zn+2. The summed E-state index contributed by atoms with van der Waals surface area (Å²) in [6.45, 7) is 13.0. The molecule has 3 aromatic carbocycles. The monoisotopic (exact) mass is 961 g/mol. The van der Waals surface area contributed by atoms with Crippen LogP contribution in [0.1, 0.15) is 50.1 Å². The Kier molecular flexibility index (Phi) is 21.9. The van der Waals surface area contributed by atoms with Gasteiger partial charge in [0, 0.05) is 129 Å². The normalized spacial score (nSPS) is 17.8. The quantitative estimate of drug-likeness (QED) is 0.147. The van der Waals surface area contributed by atoms with Gasteiger partial charge in [0.2, 0.25) is 0 Å². The molecule has 3 aliphatic heterocycles. The van der Waals surface area contributed by atoms with Crippen LogP contribution in [0.4, 0.5) is 0 Å². The minimum atomic E-state index is -1.50. The second kappa shape index (κ2) is 25.4. The number of aryl methyl sites for hydroxylation is 3. The summed E-state index contributed by atoms with van der Waals surface area (Å²) in [5, 5.41) is 46.8. The molecule has 0 unspecified atom stereocenters. The van der Waals surface area contributed by atoms with E-state index in [9.17, 15) is 15.3 Å². The van der Waals surface area contributed by atoms with E-state index < -0.39 is 5.09 Å². The van der Waals surface area contributed by atoms with Gasteiger partial charge in [0.15, 0.2) is 0 Å². The number of phenols is 3. The fourth-order valence-electron chi connectivity index (χ4n) is 5.94. The number of aromatic hydroxyl groups is 3. The van der Waals surface area contributed by atoms with Gasteiger partial charge in [-0.2, -0.15) is 0 Å². The van der Waals surface area contributed by atoms with Gasteiger partial charge in [-0.1, -0.05) is 0 Å². The van der Waals surface area contributed by atoms with Crippen molar-refractivity contribution < 1.29 is 85.0 Å². The topological polar surface area (TPSA) is 205 Å². The van der Waals surface area contributed by atoms with Gasteiger partial charge in [-0.15, -0.1) is 10.1 Å². The number of phenolic OH excluding ortho intramolecular Hbond substituents is 3. The first-order valence-electron chi connectivity index (χ1n) is 17.8. The Balaban J connectivity index is 0.00000172. The van der Waals surface area contributed by atoms with Crippen LogP contribution in [0.5, 0.6) is 17.2 Å². The van der Waals surface area contributed by atoms with E-state index in [4.69, 9.17) is 15.3 Å². The molecular weight excluding hydrogens is 913 g/mol. The number of benzene rings is 3. The number of aliphatic imine (C=N–C) groups is 6. The number of hydrogen-bond donors (Lipinski definition) is 4. The summed E-state index contributed by atoms with van der Waals surface area (Å²) >= 11 is 0. The zero-order valence-corrected chi connectivity index (χ0v) is 37.3. The number of rotatable bonds is 0. The Morgan fingerprint density at radius 2 is 0.643 bits per heavy atom. The van der Waals surface area contributed by atoms with Crippen LogP contribution in [0.15, 0.2) is 66.4 Å². The Bertz CT molecular complexity index is 1610. The van der Waals surface area contributed by atoms with Crippen LogP contribution >= 0.6 is 0 Å². The van der Waals surface area contributed by atoms with Crippen LogP contribution in [-0.4, -0.2) is 151 Å². The first-order chi connectivity index (χ1) is 26.0. The summed E-state index contributed by atoms with van der Waals surface area (Å²) in [5.41, 5.74) is 6.98. The van der Waals surface area contributed by atoms with Gasteiger partial charge in [-0.3, -0.25) is 39.8 Å². The summed E-state index contributed by atoms with van der Waals surface area (Å²) in [7, 11) is 0. The third-order valence-corrected chi connectivity index (χ3v) is 8.59. The molecule has 0 atom stereocenters. The van der Waals surface area contributed by atoms with Crippen molar-refractivity contribution in [1.29, 1.82) is 0 Å². The maximum absolute atomic E-state index is 11.0. The molecule has 0 saturated carbocycles. The average Bonchev–Trinajstić information content (AvgIpc) is 3.11. The van der Waals surface area contributed by atoms with E-state index in [1.807, 2.05) is 57.2 Å². The zero-order chi connectivity index (χ0) is 38.9. The van der Waals surface area contributed by atoms with Crippen molar-refractivity contribution >= 4 is 37.3 Å². The number of fused-ring (bicyclic) bond motifs is 12. The van der Waals surface area contributed by atoms with Gasteiger partial charge >= 0.3 is 39.9 Å². The summed E-state index contributed by atoms with van der Waals surface area (Å²) in [5.74, 6) is 0.490. The van der Waals surface area contributed by atoms with E-state index in [-0.39, 0.29) is 76.7 Å². The van der Waals surface area contributed by atoms with Crippen molar-refractivity contribution in [3.8, 4) is 17.2 Å². The van der Waals surface area contributed by atoms with Crippen molar-refractivity contribution in [3.63, 3.8) is 0 Å². The molecule has 3 aromatic rings. The molecule has 4 N–H and O–H groups in total. The predicted molar refractivity (Wildman–Crippen MR) is 215 cm³/mol. The minimum Gasteiger partial charge on any atom is -0.507 e. The van der Waals surface area contributed by atoms with E-state index in [2.05, 4.69) is 39.8 Å². The minimum absolute atomic E-state index is 0. The molecule has 8 bridgehead atoms. The number of nitrogens with zero attached hydrogens (tertiary/aromatic N) is 9. The molecule has 17 heteroatoms. The smallest absolute Gasteiger partial charge is 0.507 e. The van der Waals surface area contributed by atoms with Crippen molar-refractivity contribution in [2.24, 2.45) is 30.0 Å². The Morgan fingerprint density at radius 3 is 0.804 bits per heavy atom. The fraction of sp³-hybridized carbons (Fsp3) is 0.385. The van der Waals surface area contributed by atoms with Crippen molar-refractivity contribution in [1.82, 2.24) is 9.80 Å². The van der Waals surface area contributed by atoms with Crippen molar-refractivity contribution in [2.75, 3.05) is 78.5 Å². The fourth-order valence-corrected chi connectivity index (χ4v) is 5.94. The van der Waals surface area contributed by atoms with Crippen LogP contribution in [-0.2, 0) is 19.5 Å². The predicted octanol–water partition coefficient (Wildman–Crippen LogP) is 3.92. The SMILES string of the molecule is Cc1cc2c(O)c(c1)C=NCCN1CCN=Cc3cc(C)cc(c3O)C=NCCN(CCN=C2)CCN=Cc2cc(C)cc(c2O)C=NCC1.O=[N+]([O-])O.[Gd+2].[Zn]. The van der Waals surface area contributed by atoms with Gasteiger partial charge in [-0.25, -0.2) is 0 Å². The maximum Gasteiger partial charge on any atom is 2.00 e. The standard InChI is InChI=1S/C39H48N8O3.Gd.HNO3.Zn/c1-28-16-31-22-40-4-10-46-12-6-42-24-33-18-29(2)19-34(38(33)49)25-43-7-13-47(11-5-41-23-32(17-28)37(31)48)15-9-45-27-36-21-30(3)20-35(39(36)50)26-44-8-14-46;;2-1(3)4;/h16-27,48-50H,4-15H2,1-3H3;;(H,2,3,4);/q;+2;;. The first-order valence-corrected chi connectivity index (χ1v) is 17.8. The Morgan fingerprint density at radius 1 is 0.482 bits per heavy atom. The van der Waals surface area contributed by atoms with E-state index in [0.717, 1.165) is 16.7 Å². The molecule has 0 fully saturated rings. The second-order valence-corrected chi connectivity index (χ2v) is 13.0. The van der Waals surface area contributed by atoms with E-state index in [1.54, 1.807) is 37.3 Å². The molecule has 6 rings (SSSR count). The van der Waals surface area contributed by atoms with E-state index >= 15 is 0 Å². The van der Waals surface area contributed by atoms with E-state index in [0.29, 0.717) is 112 Å². The van der Waals surface area contributed by atoms with Crippen LogP contribution in [0, 0.1) is 70.8 Å². The Hall–Kier alpha value is -3.85. The summed E-state index contributed by atoms with van der Waals surface area (Å²) in [6, 6.07) is 11.5. The summed E-state index contributed by atoms with van der Waals surface area (Å²) < 4.78 is 0. The third kappa shape index (κ3) is 16.3. The Labute approximate surface area is 372 Å². The van der Waals surface area contributed by atoms with Gasteiger partial charge in [0.25, 0.3) is 5.09 Å². The number of hydrogen-bond acceptors (Lipinski definition) is 13. The maximum atomic E-state index is 11.0. The average molecular weight is 963 g/mol. The first kappa shape index (κ1) is 48.3. The second-order valence-electron chi connectivity index (χ2n) is 13.0. The van der Waals surface area contributed by atoms with E-state index in [1.165, 1.54) is 0 Å².